The summed E-state index contributed by atoms with van der Waals surface area (Å²) in [4.78, 5) is 16.1. The third-order valence-corrected chi connectivity index (χ3v) is 3.72. The molecule has 0 fully saturated rings. The highest BCUT2D eigenvalue weighted by molar-refractivity contribution is 9.10. The van der Waals surface area contributed by atoms with Crippen LogP contribution in [0.2, 0.25) is 0 Å². The van der Waals surface area contributed by atoms with Crippen LogP contribution in [0.4, 0.5) is 5.82 Å². The van der Waals surface area contributed by atoms with Crippen LogP contribution in [0.3, 0.4) is 0 Å². The Bertz CT molecular complexity index is 765. The number of amides is 1. The van der Waals surface area contributed by atoms with Crippen molar-refractivity contribution >= 4 is 38.6 Å². The summed E-state index contributed by atoms with van der Waals surface area (Å²) in [5.41, 5.74) is 1.15. The molecule has 0 aliphatic carbocycles. The summed E-state index contributed by atoms with van der Waals surface area (Å²) in [6.45, 7) is 0.649. The number of carbonyl (C=O) groups is 1. The lowest BCUT2D eigenvalue weighted by molar-refractivity contribution is -0.116. The van der Waals surface area contributed by atoms with Crippen molar-refractivity contribution in [3.63, 3.8) is 0 Å². The molecular weight excluding hydrogens is 330 g/mol. The van der Waals surface area contributed by atoms with Crippen molar-refractivity contribution in [2.24, 2.45) is 0 Å². The molecule has 3 rings (SSSR count). The number of fused-ring (bicyclic) bond motifs is 1. The molecule has 0 aliphatic heterocycles. The fourth-order valence-corrected chi connectivity index (χ4v) is 2.45. The topological polar surface area (TPSA) is 46.9 Å². The monoisotopic (exact) mass is 343 g/mol. The normalized spacial score (nSPS) is 10.7. The molecule has 1 N–H and O–H groups in total. The molecule has 3 aromatic rings. The largest absolute Gasteiger partial charge is 0.347 e. The lowest BCUT2D eigenvalue weighted by atomic mass is 10.2. The van der Waals surface area contributed by atoms with E-state index in [2.05, 4.69) is 49.0 Å². The van der Waals surface area contributed by atoms with Crippen LogP contribution in [0.25, 0.3) is 10.9 Å². The van der Waals surface area contributed by atoms with E-state index in [1.807, 2.05) is 24.4 Å². The SMILES string of the molecule is O=C(CCn1ccc2ccccc21)Nc1ccc(Br)cn1. The average Bonchev–Trinajstić information content (AvgIpc) is 2.91. The van der Waals surface area contributed by atoms with E-state index in [-0.39, 0.29) is 5.91 Å². The van der Waals surface area contributed by atoms with E-state index in [0.717, 1.165) is 9.99 Å². The van der Waals surface area contributed by atoms with Crippen LogP contribution in [0.15, 0.2) is 59.3 Å². The van der Waals surface area contributed by atoms with Crippen LogP contribution in [0.1, 0.15) is 6.42 Å². The molecule has 0 saturated heterocycles. The number of pyridine rings is 1. The highest BCUT2D eigenvalue weighted by Gasteiger charge is 2.05. The van der Waals surface area contributed by atoms with Gasteiger partial charge in [-0.25, -0.2) is 4.98 Å². The maximum Gasteiger partial charge on any atom is 0.227 e. The average molecular weight is 344 g/mol. The molecule has 21 heavy (non-hydrogen) atoms. The molecule has 1 aromatic carbocycles. The summed E-state index contributed by atoms with van der Waals surface area (Å²) < 4.78 is 2.98. The third kappa shape index (κ3) is 3.31. The van der Waals surface area contributed by atoms with Gasteiger partial charge in [-0.05, 0) is 45.6 Å². The van der Waals surface area contributed by atoms with Crippen LogP contribution >= 0.6 is 15.9 Å². The minimum Gasteiger partial charge on any atom is -0.347 e. The summed E-state index contributed by atoms with van der Waals surface area (Å²) in [5, 5.41) is 3.98. The molecular formula is C16H14BrN3O. The predicted molar refractivity (Wildman–Crippen MR) is 87.1 cm³/mol. The number of carbonyl (C=O) groups excluding carboxylic acids is 1. The Balaban J connectivity index is 1.62. The van der Waals surface area contributed by atoms with E-state index in [1.54, 1.807) is 12.3 Å². The molecule has 0 bridgehead atoms. The van der Waals surface area contributed by atoms with Crippen LogP contribution in [-0.4, -0.2) is 15.5 Å². The predicted octanol–water partition coefficient (Wildman–Crippen LogP) is 3.83. The molecule has 0 saturated carbocycles. The number of anilines is 1. The summed E-state index contributed by atoms with van der Waals surface area (Å²) in [7, 11) is 0. The summed E-state index contributed by atoms with van der Waals surface area (Å²) >= 11 is 3.31. The Kier molecular flexibility index (Phi) is 4.01. The molecule has 0 aliphatic rings. The number of hydrogen-bond donors (Lipinski definition) is 1. The van der Waals surface area contributed by atoms with E-state index >= 15 is 0 Å². The zero-order valence-corrected chi connectivity index (χ0v) is 12.9. The first-order valence-corrected chi connectivity index (χ1v) is 7.47. The first-order chi connectivity index (χ1) is 10.2. The van der Waals surface area contributed by atoms with Crippen molar-refractivity contribution in [3.8, 4) is 0 Å². The molecule has 1 amide bonds. The number of aryl methyl sites for hydroxylation is 1. The number of hydrogen-bond acceptors (Lipinski definition) is 2. The van der Waals surface area contributed by atoms with Crippen molar-refractivity contribution in [2.45, 2.75) is 13.0 Å². The van der Waals surface area contributed by atoms with E-state index in [1.165, 1.54) is 5.39 Å². The minimum atomic E-state index is -0.0393. The van der Waals surface area contributed by atoms with Gasteiger partial charge in [-0.15, -0.1) is 0 Å². The number of rotatable bonds is 4. The van der Waals surface area contributed by atoms with Crippen molar-refractivity contribution in [1.29, 1.82) is 0 Å². The molecule has 4 nitrogen and oxygen atoms in total. The van der Waals surface area contributed by atoms with Gasteiger partial charge >= 0.3 is 0 Å². The van der Waals surface area contributed by atoms with Gasteiger partial charge in [0.05, 0.1) is 0 Å². The molecule has 106 valence electrons. The van der Waals surface area contributed by atoms with E-state index < -0.39 is 0 Å². The van der Waals surface area contributed by atoms with Crippen LogP contribution in [0, 0.1) is 0 Å². The summed E-state index contributed by atoms with van der Waals surface area (Å²) in [6.07, 6.45) is 4.08. The first kappa shape index (κ1) is 13.8. The standard InChI is InChI=1S/C16H14BrN3O/c17-13-5-6-15(18-11-13)19-16(21)8-10-20-9-7-12-3-1-2-4-14(12)20/h1-7,9,11H,8,10H2,(H,18,19,21). The summed E-state index contributed by atoms with van der Waals surface area (Å²) in [6, 6.07) is 13.8. The van der Waals surface area contributed by atoms with Gasteiger partial charge in [-0.1, -0.05) is 18.2 Å². The van der Waals surface area contributed by atoms with E-state index in [9.17, 15) is 4.79 Å². The lowest BCUT2D eigenvalue weighted by Gasteiger charge is -2.06. The van der Waals surface area contributed by atoms with Gasteiger partial charge in [0.2, 0.25) is 5.91 Å². The van der Waals surface area contributed by atoms with Gasteiger partial charge in [-0.3, -0.25) is 4.79 Å². The number of para-hydroxylation sites is 1. The van der Waals surface area contributed by atoms with Crippen molar-refractivity contribution in [1.82, 2.24) is 9.55 Å². The zero-order chi connectivity index (χ0) is 14.7. The smallest absolute Gasteiger partial charge is 0.227 e. The summed E-state index contributed by atoms with van der Waals surface area (Å²) in [5.74, 6) is 0.531. The second-order valence-corrected chi connectivity index (χ2v) is 5.64. The molecule has 0 radical (unpaired) electrons. The van der Waals surface area contributed by atoms with Gasteiger partial charge in [0.1, 0.15) is 5.82 Å². The highest BCUT2D eigenvalue weighted by Crippen LogP contribution is 2.15. The Morgan fingerprint density at radius 2 is 2.05 bits per heavy atom. The third-order valence-electron chi connectivity index (χ3n) is 3.25. The fraction of sp³-hybridized carbons (Fsp3) is 0.125. The Hall–Kier alpha value is -2.14. The lowest BCUT2D eigenvalue weighted by Crippen LogP contribution is -2.14. The van der Waals surface area contributed by atoms with Crippen molar-refractivity contribution < 1.29 is 4.79 Å². The Morgan fingerprint density at radius 3 is 2.86 bits per heavy atom. The second kappa shape index (κ2) is 6.10. The van der Waals surface area contributed by atoms with Crippen LogP contribution < -0.4 is 5.32 Å². The second-order valence-electron chi connectivity index (χ2n) is 4.73. The number of nitrogens with one attached hydrogen (secondary N) is 1. The maximum absolute atomic E-state index is 12.0. The molecule has 0 spiro atoms. The van der Waals surface area contributed by atoms with Gasteiger partial charge in [0.15, 0.2) is 0 Å². The molecule has 0 unspecified atom stereocenters. The van der Waals surface area contributed by atoms with Gasteiger partial charge in [-0.2, -0.15) is 0 Å². The van der Waals surface area contributed by atoms with Crippen LogP contribution in [-0.2, 0) is 11.3 Å². The number of benzene rings is 1. The number of nitrogens with zero attached hydrogens (tertiary/aromatic N) is 2. The molecule has 2 aromatic heterocycles. The van der Waals surface area contributed by atoms with Gasteiger partial charge in [0, 0.05) is 35.3 Å². The molecule has 2 heterocycles. The Morgan fingerprint density at radius 1 is 1.19 bits per heavy atom. The van der Waals surface area contributed by atoms with E-state index in [4.69, 9.17) is 0 Å². The van der Waals surface area contributed by atoms with Crippen molar-refractivity contribution in [2.75, 3.05) is 5.32 Å². The Labute approximate surface area is 130 Å². The van der Waals surface area contributed by atoms with Gasteiger partial charge < -0.3 is 9.88 Å². The zero-order valence-electron chi connectivity index (χ0n) is 11.3. The minimum absolute atomic E-state index is 0.0393. The maximum atomic E-state index is 12.0. The molecule has 0 atom stereocenters. The van der Waals surface area contributed by atoms with Crippen LogP contribution in [0.5, 0.6) is 0 Å². The quantitative estimate of drug-likeness (QED) is 0.782. The number of aromatic nitrogens is 2. The first-order valence-electron chi connectivity index (χ1n) is 6.68. The highest BCUT2D eigenvalue weighted by atomic mass is 79.9. The van der Waals surface area contributed by atoms with Gasteiger partial charge in [0.25, 0.3) is 0 Å². The number of halogens is 1. The fourth-order valence-electron chi connectivity index (χ4n) is 2.21. The molecule has 5 heteroatoms. The van der Waals surface area contributed by atoms with E-state index in [0.29, 0.717) is 18.8 Å². The van der Waals surface area contributed by atoms with Crippen molar-refractivity contribution in [3.05, 3.63) is 59.3 Å².